The lowest BCUT2D eigenvalue weighted by atomic mass is 9.99. The van der Waals surface area contributed by atoms with Gasteiger partial charge in [0.1, 0.15) is 24.4 Å². The lowest BCUT2D eigenvalue weighted by molar-refractivity contribution is -0.302. The largest absolute Gasteiger partial charge is 0.394 e. The Kier molecular flexibility index (Phi) is 28.3. The van der Waals surface area contributed by atoms with Gasteiger partial charge in [0.15, 0.2) is 6.29 Å². The van der Waals surface area contributed by atoms with Gasteiger partial charge in [-0.05, 0) is 12.8 Å². The van der Waals surface area contributed by atoms with E-state index in [0.717, 1.165) is 38.5 Å². The van der Waals surface area contributed by atoms with Crippen molar-refractivity contribution in [3.8, 4) is 0 Å². The topological polar surface area (TPSA) is 149 Å². The zero-order valence-corrected chi connectivity index (χ0v) is 30.3. The molecule has 280 valence electrons. The van der Waals surface area contributed by atoms with Crippen LogP contribution in [0.2, 0.25) is 0 Å². The number of rotatable bonds is 32. The highest BCUT2D eigenvalue weighted by atomic mass is 16.7. The molecule has 0 aliphatic carbocycles. The van der Waals surface area contributed by atoms with Crippen LogP contribution in [0.15, 0.2) is 0 Å². The first-order valence-corrected chi connectivity index (χ1v) is 19.7. The summed E-state index contributed by atoms with van der Waals surface area (Å²) in [7, 11) is 0. The monoisotopic (exact) mass is 674 g/mol. The molecule has 0 aromatic carbocycles. The molecule has 1 fully saturated rings. The molecule has 47 heavy (non-hydrogen) atoms. The minimum atomic E-state index is -1.54. The van der Waals surface area contributed by atoms with Gasteiger partial charge in [-0.15, -0.1) is 0 Å². The minimum Gasteiger partial charge on any atom is -0.394 e. The van der Waals surface area contributed by atoms with Crippen LogP contribution in [-0.4, -0.2) is 87.5 Å². The first kappa shape index (κ1) is 44.2. The molecule has 7 unspecified atom stereocenters. The van der Waals surface area contributed by atoms with Gasteiger partial charge in [-0.2, -0.15) is 0 Å². The van der Waals surface area contributed by atoms with Gasteiger partial charge < -0.3 is 40.3 Å². The number of unbranched alkanes of at least 4 members (excludes halogenated alkanes) is 22. The Morgan fingerprint density at radius 2 is 1.06 bits per heavy atom. The number of amides is 1. The summed E-state index contributed by atoms with van der Waals surface area (Å²) in [5, 5.41) is 53.8. The van der Waals surface area contributed by atoms with E-state index in [1.807, 2.05) is 0 Å². The van der Waals surface area contributed by atoms with Crippen LogP contribution in [0.25, 0.3) is 0 Å². The van der Waals surface area contributed by atoms with Crippen LogP contribution in [-0.2, 0) is 14.3 Å². The fourth-order valence-corrected chi connectivity index (χ4v) is 6.45. The molecule has 1 aliphatic rings. The Hall–Kier alpha value is -0.810. The summed E-state index contributed by atoms with van der Waals surface area (Å²) in [4.78, 5) is 12.8. The van der Waals surface area contributed by atoms with Crippen LogP contribution in [0.4, 0.5) is 0 Å². The van der Waals surface area contributed by atoms with Crippen LogP contribution in [0.1, 0.15) is 181 Å². The van der Waals surface area contributed by atoms with E-state index >= 15 is 0 Å². The van der Waals surface area contributed by atoms with Crippen LogP contribution in [0.3, 0.4) is 0 Å². The second kappa shape index (κ2) is 30.1. The summed E-state index contributed by atoms with van der Waals surface area (Å²) in [6, 6.07) is -0.707. The Balaban J connectivity index is 2.27. The van der Waals surface area contributed by atoms with Crippen molar-refractivity contribution in [1.82, 2.24) is 5.32 Å². The summed E-state index contributed by atoms with van der Waals surface area (Å²) in [6.45, 7) is 3.76. The lowest BCUT2D eigenvalue weighted by Crippen LogP contribution is -2.60. The molecule has 1 rings (SSSR count). The molecule has 1 saturated heterocycles. The van der Waals surface area contributed by atoms with E-state index in [4.69, 9.17) is 9.47 Å². The predicted molar refractivity (Wildman–Crippen MR) is 189 cm³/mol. The van der Waals surface area contributed by atoms with Crippen molar-refractivity contribution in [1.29, 1.82) is 0 Å². The molecule has 0 aromatic heterocycles. The molecule has 9 nitrogen and oxygen atoms in total. The van der Waals surface area contributed by atoms with Crippen molar-refractivity contribution in [2.24, 2.45) is 0 Å². The van der Waals surface area contributed by atoms with Gasteiger partial charge >= 0.3 is 0 Å². The highest BCUT2D eigenvalue weighted by Crippen LogP contribution is 2.23. The van der Waals surface area contributed by atoms with Crippen LogP contribution < -0.4 is 5.32 Å². The number of carbonyl (C=O) groups excluding carboxylic acids is 1. The summed E-state index contributed by atoms with van der Waals surface area (Å²) in [5.74, 6) is -0.147. The number of nitrogens with one attached hydrogen (secondary N) is 1. The number of hydrogen-bond acceptors (Lipinski definition) is 8. The average Bonchev–Trinajstić information content (AvgIpc) is 3.07. The number of aliphatic hydroxyl groups excluding tert-OH is 5. The van der Waals surface area contributed by atoms with E-state index in [-0.39, 0.29) is 12.5 Å². The second-order valence-corrected chi connectivity index (χ2v) is 14.1. The maximum absolute atomic E-state index is 12.8. The smallest absolute Gasteiger partial charge is 0.220 e. The van der Waals surface area contributed by atoms with Crippen molar-refractivity contribution < 1.29 is 39.8 Å². The Morgan fingerprint density at radius 3 is 1.51 bits per heavy atom. The molecule has 7 atom stereocenters. The van der Waals surface area contributed by atoms with Crippen molar-refractivity contribution in [3.05, 3.63) is 0 Å². The SMILES string of the molecule is CCCCCCCCCCCCCCCCCCCCC(=O)NC(COC1OC(CO)C(O)C(O)C1O)C(O)CCCCCCCC. The molecule has 0 spiro atoms. The highest BCUT2D eigenvalue weighted by molar-refractivity contribution is 5.76. The summed E-state index contributed by atoms with van der Waals surface area (Å²) in [5.41, 5.74) is 0. The first-order chi connectivity index (χ1) is 22.8. The summed E-state index contributed by atoms with van der Waals surface area (Å²) >= 11 is 0. The number of hydrogen-bond donors (Lipinski definition) is 6. The molecule has 1 heterocycles. The van der Waals surface area contributed by atoms with E-state index in [2.05, 4.69) is 19.2 Å². The van der Waals surface area contributed by atoms with Gasteiger partial charge in [0, 0.05) is 6.42 Å². The minimum absolute atomic E-state index is 0.134. The van der Waals surface area contributed by atoms with Crippen LogP contribution in [0, 0.1) is 0 Å². The third-order valence-corrected chi connectivity index (χ3v) is 9.71. The Morgan fingerprint density at radius 1 is 0.638 bits per heavy atom. The van der Waals surface area contributed by atoms with Gasteiger partial charge in [0.25, 0.3) is 0 Å². The molecule has 0 aromatic rings. The normalized spacial score (nSPS) is 22.7. The van der Waals surface area contributed by atoms with Crippen molar-refractivity contribution >= 4 is 5.91 Å². The van der Waals surface area contributed by atoms with E-state index in [0.29, 0.717) is 12.8 Å². The van der Waals surface area contributed by atoms with Gasteiger partial charge in [-0.25, -0.2) is 0 Å². The summed E-state index contributed by atoms with van der Waals surface area (Å²) in [6.07, 6.45) is 22.9. The van der Waals surface area contributed by atoms with Crippen LogP contribution >= 0.6 is 0 Å². The standard InChI is InChI=1S/C38H75NO8/c1-3-5-7-9-11-12-13-14-15-16-17-18-19-20-21-22-24-26-28-34(42)39-31(32(41)27-25-23-10-8-6-4-2)30-46-38-37(45)36(44)35(43)33(29-40)47-38/h31-33,35-38,40-41,43-45H,3-30H2,1-2H3,(H,39,42). The van der Waals surface area contributed by atoms with Gasteiger partial charge in [-0.1, -0.05) is 162 Å². The van der Waals surface area contributed by atoms with E-state index < -0.39 is 49.5 Å². The second-order valence-electron chi connectivity index (χ2n) is 14.1. The fraction of sp³-hybridized carbons (Fsp3) is 0.974. The number of ether oxygens (including phenoxy) is 2. The zero-order valence-electron chi connectivity index (χ0n) is 30.3. The molecule has 6 N–H and O–H groups in total. The van der Waals surface area contributed by atoms with Crippen LogP contribution in [0.5, 0.6) is 0 Å². The third kappa shape index (κ3) is 21.8. The maximum Gasteiger partial charge on any atom is 0.220 e. The van der Waals surface area contributed by atoms with E-state index in [1.165, 1.54) is 116 Å². The molecular formula is C38H75NO8. The molecular weight excluding hydrogens is 598 g/mol. The first-order valence-electron chi connectivity index (χ1n) is 19.7. The molecule has 0 radical (unpaired) electrons. The molecule has 9 heteroatoms. The van der Waals surface area contributed by atoms with E-state index in [9.17, 15) is 30.3 Å². The quantitative estimate of drug-likeness (QED) is 0.0426. The van der Waals surface area contributed by atoms with Gasteiger partial charge in [0.05, 0.1) is 25.4 Å². The molecule has 0 saturated carbocycles. The average molecular weight is 674 g/mol. The summed E-state index contributed by atoms with van der Waals surface area (Å²) < 4.78 is 11.1. The zero-order chi connectivity index (χ0) is 34.5. The highest BCUT2D eigenvalue weighted by Gasteiger charge is 2.44. The number of carbonyl (C=O) groups is 1. The van der Waals surface area contributed by atoms with Crippen molar-refractivity contribution in [2.75, 3.05) is 13.2 Å². The Bertz CT molecular complexity index is 711. The predicted octanol–water partition coefficient (Wildman–Crippen LogP) is 6.83. The molecule has 0 bridgehead atoms. The van der Waals surface area contributed by atoms with Gasteiger partial charge in [0.2, 0.25) is 5.91 Å². The van der Waals surface area contributed by atoms with Crippen molar-refractivity contribution in [2.45, 2.75) is 224 Å². The van der Waals surface area contributed by atoms with E-state index in [1.54, 1.807) is 0 Å². The molecule has 1 amide bonds. The number of aliphatic hydroxyl groups is 5. The van der Waals surface area contributed by atoms with Crippen molar-refractivity contribution in [3.63, 3.8) is 0 Å². The third-order valence-electron chi connectivity index (χ3n) is 9.71. The van der Waals surface area contributed by atoms with Gasteiger partial charge in [-0.3, -0.25) is 4.79 Å². The fourth-order valence-electron chi connectivity index (χ4n) is 6.45. The molecule has 1 aliphatic heterocycles. The lowest BCUT2D eigenvalue weighted by Gasteiger charge is -2.40. The Labute approximate surface area is 287 Å². The maximum atomic E-state index is 12.8.